The molecule has 0 bridgehead atoms. The Balaban J connectivity index is 1.43. The first-order chi connectivity index (χ1) is 15.1. The highest BCUT2D eigenvalue weighted by Gasteiger charge is 2.23. The highest BCUT2D eigenvalue weighted by molar-refractivity contribution is 5.99. The molecule has 2 amide bonds. The fraction of sp³-hybridized carbons (Fsp3) is 0.120. The maximum atomic E-state index is 12.9. The van der Waals surface area contributed by atoms with E-state index in [9.17, 15) is 9.59 Å². The highest BCUT2D eigenvalue weighted by atomic mass is 16.5. The van der Waals surface area contributed by atoms with Crippen LogP contribution in [0.2, 0.25) is 0 Å². The van der Waals surface area contributed by atoms with Crippen molar-refractivity contribution in [2.24, 2.45) is 0 Å². The van der Waals surface area contributed by atoms with E-state index in [1.165, 1.54) is 0 Å². The van der Waals surface area contributed by atoms with Gasteiger partial charge in [0.05, 0.1) is 5.69 Å². The van der Waals surface area contributed by atoms with Gasteiger partial charge in [0.1, 0.15) is 12.3 Å². The molecule has 0 radical (unpaired) electrons. The summed E-state index contributed by atoms with van der Waals surface area (Å²) in [5.74, 6) is 0.227. The van der Waals surface area contributed by atoms with Crippen LogP contribution in [0.3, 0.4) is 0 Å². The van der Waals surface area contributed by atoms with Gasteiger partial charge in [-0.1, -0.05) is 48.5 Å². The first-order valence-electron chi connectivity index (χ1n) is 10.1. The number of carbonyl (C=O) groups excluding carboxylic acids is 2. The standard InChI is InChI=1S/C25H21N3O3/c1-16-25(30)27-20-14-19(11-12-23(20)31-16)26-24(29)15-28-21-10-6-5-9-18(21)13-22(28)17-7-3-2-4-8-17/h2-14,16H,15H2,1H3,(H,26,29)(H,27,30). The molecule has 0 fully saturated rings. The largest absolute Gasteiger partial charge is 0.479 e. The molecular formula is C25H21N3O3. The SMILES string of the molecule is CC1Oc2ccc(NC(=O)Cn3c(-c4ccccc4)cc4ccccc43)cc2NC1=O. The Kier molecular flexibility index (Phi) is 4.67. The summed E-state index contributed by atoms with van der Waals surface area (Å²) in [6, 6.07) is 25.4. The van der Waals surface area contributed by atoms with Gasteiger partial charge in [-0.2, -0.15) is 0 Å². The predicted octanol–water partition coefficient (Wildman–Crippen LogP) is 4.67. The summed E-state index contributed by atoms with van der Waals surface area (Å²) < 4.78 is 7.59. The van der Waals surface area contributed by atoms with E-state index in [-0.39, 0.29) is 18.4 Å². The van der Waals surface area contributed by atoms with E-state index < -0.39 is 6.10 Å². The number of aromatic nitrogens is 1. The first-order valence-corrected chi connectivity index (χ1v) is 10.1. The third-order valence-electron chi connectivity index (χ3n) is 5.38. The Morgan fingerprint density at radius 2 is 1.81 bits per heavy atom. The molecule has 2 N–H and O–H groups in total. The second-order valence-corrected chi connectivity index (χ2v) is 7.55. The normalized spacial score (nSPS) is 15.1. The van der Waals surface area contributed by atoms with Crippen LogP contribution >= 0.6 is 0 Å². The molecule has 154 valence electrons. The Hall–Kier alpha value is -4.06. The van der Waals surface area contributed by atoms with Crippen molar-refractivity contribution in [1.82, 2.24) is 4.57 Å². The molecule has 1 aliphatic heterocycles. The number of nitrogens with one attached hydrogen (secondary N) is 2. The third kappa shape index (κ3) is 3.64. The molecule has 1 atom stereocenters. The number of anilines is 2. The molecular weight excluding hydrogens is 390 g/mol. The number of fused-ring (bicyclic) bond motifs is 2. The Bertz CT molecular complexity index is 1290. The van der Waals surface area contributed by atoms with Crippen LogP contribution in [0.5, 0.6) is 5.75 Å². The average molecular weight is 411 g/mol. The third-order valence-corrected chi connectivity index (χ3v) is 5.38. The van der Waals surface area contributed by atoms with Crippen LogP contribution in [-0.2, 0) is 16.1 Å². The fourth-order valence-corrected chi connectivity index (χ4v) is 3.86. The zero-order valence-corrected chi connectivity index (χ0v) is 17.0. The fourth-order valence-electron chi connectivity index (χ4n) is 3.86. The van der Waals surface area contributed by atoms with Gasteiger partial charge in [0.15, 0.2) is 6.10 Å². The zero-order chi connectivity index (χ0) is 21.4. The van der Waals surface area contributed by atoms with E-state index in [1.807, 2.05) is 59.2 Å². The molecule has 31 heavy (non-hydrogen) atoms. The Labute approximate surface area is 179 Å². The van der Waals surface area contributed by atoms with Crippen molar-refractivity contribution in [2.75, 3.05) is 10.6 Å². The lowest BCUT2D eigenvalue weighted by Gasteiger charge is -2.23. The van der Waals surface area contributed by atoms with Crippen LogP contribution in [0.4, 0.5) is 11.4 Å². The first kappa shape index (κ1) is 18.9. The van der Waals surface area contributed by atoms with E-state index in [1.54, 1.807) is 25.1 Å². The van der Waals surface area contributed by atoms with Gasteiger partial charge in [-0.25, -0.2) is 0 Å². The van der Waals surface area contributed by atoms with Gasteiger partial charge >= 0.3 is 0 Å². The van der Waals surface area contributed by atoms with Crippen LogP contribution in [0.15, 0.2) is 78.9 Å². The van der Waals surface area contributed by atoms with Gasteiger partial charge in [0, 0.05) is 22.3 Å². The lowest BCUT2D eigenvalue weighted by Crippen LogP contribution is -2.34. The summed E-state index contributed by atoms with van der Waals surface area (Å²) in [7, 11) is 0. The smallest absolute Gasteiger partial charge is 0.265 e. The van der Waals surface area contributed by atoms with Gasteiger partial charge in [0.2, 0.25) is 5.91 Å². The minimum absolute atomic E-state index is 0.157. The minimum Gasteiger partial charge on any atom is -0.479 e. The zero-order valence-electron chi connectivity index (χ0n) is 17.0. The van der Waals surface area contributed by atoms with Crippen LogP contribution in [0.25, 0.3) is 22.2 Å². The summed E-state index contributed by atoms with van der Waals surface area (Å²) in [5.41, 5.74) is 4.18. The number of carbonyl (C=O) groups is 2. The van der Waals surface area contributed by atoms with Crippen LogP contribution in [0, 0.1) is 0 Å². The van der Waals surface area contributed by atoms with Crippen LogP contribution in [-0.4, -0.2) is 22.5 Å². The van der Waals surface area contributed by atoms with E-state index >= 15 is 0 Å². The number of hydrogen-bond donors (Lipinski definition) is 2. The predicted molar refractivity (Wildman–Crippen MR) is 121 cm³/mol. The molecule has 1 aromatic heterocycles. The molecule has 4 aromatic rings. The summed E-state index contributed by atoms with van der Waals surface area (Å²) >= 11 is 0. The molecule has 6 heteroatoms. The highest BCUT2D eigenvalue weighted by Crippen LogP contribution is 2.32. The van der Waals surface area contributed by atoms with Crippen molar-refractivity contribution in [3.8, 4) is 17.0 Å². The average Bonchev–Trinajstić information content (AvgIpc) is 3.14. The number of ether oxygens (including phenoxy) is 1. The minimum atomic E-state index is -0.536. The Morgan fingerprint density at radius 3 is 2.65 bits per heavy atom. The maximum absolute atomic E-state index is 12.9. The maximum Gasteiger partial charge on any atom is 0.265 e. The van der Waals surface area contributed by atoms with Gasteiger partial charge in [-0.3, -0.25) is 9.59 Å². The van der Waals surface area contributed by atoms with Gasteiger partial charge < -0.3 is 19.9 Å². The van der Waals surface area contributed by atoms with Gasteiger partial charge in [-0.05, 0) is 42.8 Å². The summed E-state index contributed by atoms with van der Waals surface area (Å²) in [6.07, 6.45) is -0.536. The van der Waals surface area contributed by atoms with E-state index in [4.69, 9.17) is 4.74 Å². The molecule has 1 aliphatic rings. The van der Waals surface area contributed by atoms with Crippen molar-refractivity contribution in [1.29, 1.82) is 0 Å². The summed E-state index contributed by atoms with van der Waals surface area (Å²) in [4.78, 5) is 24.8. The molecule has 0 saturated heterocycles. The van der Waals surface area contributed by atoms with E-state index in [0.717, 1.165) is 22.2 Å². The van der Waals surface area contributed by atoms with Crippen LogP contribution < -0.4 is 15.4 Å². The molecule has 1 unspecified atom stereocenters. The van der Waals surface area contributed by atoms with Crippen molar-refractivity contribution >= 4 is 34.1 Å². The molecule has 0 spiro atoms. The lowest BCUT2D eigenvalue weighted by atomic mass is 10.1. The van der Waals surface area contributed by atoms with Crippen molar-refractivity contribution in [2.45, 2.75) is 19.6 Å². The second kappa shape index (κ2) is 7.65. The number of hydrogen-bond acceptors (Lipinski definition) is 3. The number of para-hydroxylation sites is 1. The molecule has 2 heterocycles. The van der Waals surface area contributed by atoms with E-state index in [0.29, 0.717) is 17.1 Å². The molecule has 5 rings (SSSR count). The van der Waals surface area contributed by atoms with Crippen molar-refractivity contribution in [3.05, 3.63) is 78.9 Å². The number of nitrogens with zero attached hydrogens (tertiary/aromatic N) is 1. The lowest BCUT2D eigenvalue weighted by molar-refractivity contribution is -0.122. The van der Waals surface area contributed by atoms with Crippen molar-refractivity contribution in [3.63, 3.8) is 0 Å². The van der Waals surface area contributed by atoms with Gasteiger partial charge in [0.25, 0.3) is 5.91 Å². The van der Waals surface area contributed by atoms with Crippen molar-refractivity contribution < 1.29 is 14.3 Å². The number of rotatable bonds is 4. The summed E-state index contributed by atoms with van der Waals surface area (Å²) in [6.45, 7) is 1.86. The number of benzene rings is 3. The second-order valence-electron chi connectivity index (χ2n) is 7.55. The molecule has 0 aliphatic carbocycles. The summed E-state index contributed by atoms with van der Waals surface area (Å²) in [5, 5.41) is 6.82. The number of amides is 2. The Morgan fingerprint density at radius 1 is 1.03 bits per heavy atom. The molecule has 6 nitrogen and oxygen atoms in total. The monoisotopic (exact) mass is 411 g/mol. The topological polar surface area (TPSA) is 72.4 Å². The van der Waals surface area contributed by atoms with Gasteiger partial charge in [-0.15, -0.1) is 0 Å². The quantitative estimate of drug-likeness (QED) is 0.513. The van der Waals surface area contributed by atoms with E-state index in [2.05, 4.69) is 16.7 Å². The molecule has 0 saturated carbocycles. The molecule has 3 aromatic carbocycles. The van der Waals surface area contributed by atoms with Crippen LogP contribution in [0.1, 0.15) is 6.92 Å².